The van der Waals surface area contributed by atoms with Crippen molar-refractivity contribution >= 4 is 8.07 Å². The highest BCUT2D eigenvalue weighted by Gasteiger charge is 2.53. The van der Waals surface area contributed by atoms with Gasteiger partial charge in [-0.15, -0.1) is 0 Å². The van der Waals surface area contributed by atoms with Crippen LogP contribution in [0.5, 0.6) is 0 Å². The summed E-state index contributed by atoms with van der Waals surface area (Å²) in [6.07, 6.45) is 19.1. The van der Waals surface area contributed by atoms with E-state index in [1.807, 2.05) is 0 Å². The minimum absolute atomic E-state index is 0.173. The van der Waals surface area contributed by atoms with Crippen molar-refractivity contribution in [1.82, 2.24) is 0 Å². The van der Waals surface area contributed by atoms with Gasteiger partial charge in [-0.25, -0.2) is 0 Å². The maximum absolute atomic E-state index is 11.9. The molecule has 1 unspecified atom stereocenters. The van der Waals surface area contributed by atoms with Gasteiger partial charge < -0.3 is 5.11 Å². The van der Waals surface area contributed by atoms with Crippen LogP contribution in [0.2, 0.25) is 18.1 Å². The SMILES string of the molecule is C=C1CC[C@@](O)([Si](C)(C)C(C)(C)C)CC1=CC=C1CCC[C@@]2(C)C1CC[C@@H]2[C@H](C)/C=C/[C@H](C)C(C)C. The number of hydrogen-bond acceptors (Lipinski definition) is 1. The van der Waals surface area contributed by atoms with Gasteiger partial charge in [-0.1, -0.05) is 111 Å². The average Bonchev–Trinajstić information content (AvgIpc) is 3.14. The summed E-state index contributed by atoms with van der Waals surface area (Å²) in [7, 11) is -1.90. The monoisotopic (exact) mass is 510 g/mol. The van der Waals surface area contributed by atoms with Gasteiger partial charge in [0.05, 0.1) is 13.3 Å². The van der Waals surface area contributed by atoms with Crippen molar-refractivity contribution in [2.75, 3.05) is 0 Å². The number of fused-ring (bicyclic) bond motifs is 1. The number of hydrogen-bond donors (Lipinski definition) is 1. The van der Waals surface area contributed by atoms with Gasteiger partial charge in [0.25, 0.3) is 0 Å². The highest BCUT2D eigenvalue weighted by molar-refractivity contribution is 6.82. The van der Waals surface area contributed by atoms with Crippen LogP contribution in [0, 0.1) is 35.0 Å². The fourth-order valence-electron chi connectivity index (χ4n) is 7.51. The van der Waals surface area contributed by atoms with Crippen LogP contribution in [-0.2, 0) is 0 Å². The Morgan fingerprint density at radius 3 is 2.28 bits per heavy atom. The molecule has 0 aromatic carbocycles. The van der Waals surface area contributed by atoms with Crippen molar-refractivity contribution in [2.45, 2.75) is 130 Å². The van der Waals surface area contributed by atoms with Crippen LogP contribution < -0.4 is 0 Å². The molecule has 6 atom stereocenters. The zero-order chi connectivity index (χ0) is 27.1. The minimum Gasteiger partial charge on any atom is -0.393 e. The lowest BCUT2D eigenvalue weighted by molar-refractivity contribution is 0.0941. The predicted octanol–water partition coefficient (Wildman–Crippen LogP) is 10.1. The maximum Gasteiger partial charge on any atom is 0.0908 e. The van der Waals surface area contributed by atoms with Crippen LogP contribution in [0.15, 0.2) is 47.6 Å². The van der Waals surface area contributed by atoms with E-state index in [0.717, 1.165) is 25.2 Å². The van der Waals surface area contributed by atoms with Crippen LogP contribution in [0.1, 0.15) is 107 Å². The van der Waals surface area contributed by atoms with E-state index in [-0.39, 0.29) is 5.04 Å². The highest BCUT2D eigenvalue weighted by atomic mass is 28.3. The van der Waals surface area contributed by atoms with E-state index in [4.69, 9.17) is 0 Å². The van der Waals surface area contributed by atoms with Gasteiger partial charge in [0, 0.05) is 0 Å². The molecule has 1 N–H and O–H groups in total. The van der Waals surface area contributed by atoms with E-state index in [9.17, 15) is 5.11 Å². The average molecular weight is 511 g/mol. The van der Waals surface area contributed by atoms with Crippen molar-refractivity contribution in [3.8, 4) is 0 Å². The van der Waals surface area contributed by atoms with E-state index in [2.05, 4.69) is 99.4 Å². The lowest BCUT2D eigenvalue weighted by Crippen LogP contribution is -2.60. The molecule has 0 spiro atoms. The number of rotatable bonds is 6. The van der Waals surface area contributed by atoms with Crippen LogP contribution in [-0.4, -0.2) is 18.4 Å². The molecule has 3 saturated carbocycles. The minimum atomic E-state index is -1.90. The fourth-order valence-corrected chi connectivity index (χ4v) is 10.3. The molecular formula is C34H58OSi. The van der Waals surface area contributed by atoms with Crippen molar-refractivity contribution in [3.05, 3.63) is 47.6 Å². The van der Waals surface area contributed by atoms with E-state index in [0.29, 0.717) is 29.1 Å². The van der Waals surface area contributed by atoms with Crippen molar-refractivity contribution < 1.29 is 5.11 Å². The molecule has 0 aliphatic heterocycles. The molecule has 1 nitrogen and oxygen atoms in total. The van der Waals surface area contributed by atoms with E-state index >= 15 is 0 Å². The zero-order valence-corrected chi connectivity index (χ0v) is 26.5. The maximum atomic E-state index is 11.9. The molecule has 36 heavy (non-hydrogen) atoms. The summed E-state index contributed by atoms with van der Waals surface area (Å²) >= 11 is 0. The number of aliphatic hydroxyl groups is 1. The van der Waals surface area contributed by atoms with Gasteiger partial charge in [0.15, 0.2) is 0 Å². The lowest BCUT2D eigenvalue weighted by atomic mass is 9.61. The Bertz CT molecular complexity index is 897. The second kappa shape index (κ2) is 10.7. The summed E-state index contributed by atoms with van der Waals surface area (Å²) < 4.78 is 0. The summed E-state index contributed by atoms with van der Waals surface area (Å²) in [5.41, 5.74) is 4.64. The molecule has 0 bridgehead atoms. The molecule has 0 amide bonds. The molecule has 0 heterocycles. The Kier molecular flexibility index (Phi) is 8.84. The Morgan fingerprint density at radius 1 is 1.00 bits per heavy atom. The smallest absolute Gasteiger partial charge is 0.0908 e. The zero-order valence-electron chi connectivity index (χ0n) is 25.5. The summed E-state index contributed by atoms with van der Waals surface area (Å²) in [5, 5.41) is 11.5. The van der Waals surface area contributed by atoms with Crippen molar-refractivity contribution in [2.24, 2.45) is 35.0 Å². The molecule has 3 rings (SSSR count). The quantitative estimate of drug-likeness (QED) is 0.278. The highest BCUT2D eigenvalue weighted by Crippen LogP contribution is 2.59. The summed E-state index contributed by atoms with van der Waals surface area (Å²) in [4.78, 5) is 0. The first-order valence-electron chi connectivity index (χ1n) is 15.0. The first kappa shape index (κ1) is 29.7. The molecule has 3 aliphatic rings. The molecule has 0 aromatic rings. The Labute approximate surface area is 225 Å². The standard InChI is InChI=1S/C34H58OSi/c1-24(2)25(3)14-15-27(5)30-18-19-31-28(13-12-21-33(30,31)9)16-17-29-23-34(35,22-20-26(29)4)36(10,11)32(6,7)8/h14-17,24-25,27,30-31,35H,4,12-13,18-23H2,1-3,5-11H3/b15-14+,28-16?,29-17?/t25-,27+,30+,31?,33+,34+/m0/s1. The molecular weight excluding hydrogens is 452 g/mol. The van der Waals surface area contributed by atoms with Gasteiger partial charge in [-0.2, -0.15) is 0 Å². The van der Waals surface area contributed by atoms with E-state index in [1.165, 1.54) is 43.3 Å². The lowest BCUT2D eigenvalue weighted by Gasteiger charge is -2.52. The third kappa shape index (κ3) is 5.61. The molecule has 204 valence electrons. The summed E-state index contributed by atoms with van der Waals surface area (Å²) in [6, 6.07) is 0. The first-order valence-corrected chi connectivity index (χ1v) is 18.0. The molecule has 0 aromatic heterocycles. The van der Waals surface area contributed by atoms with Gasteiger partial charge in [-0.05, 0) is 97.0 Å². The molecule has 3 aliphatic carbocycles. The van der Waals surface area contributed by atoms with Crippen LogP contribution in [0.3, 0.4) is 0 Å². The van der Waals surface area contributed by atoms with Crippen LogP contribution in [0.4, 0.5) is 0 Å². The summed E-state index contributed by atoms with van der Waals surface area (Å²) in [5.74, 6) is 3.50. The van der Waals surface area contributed by atoms with E-state index < -0.39 is 13.3 Å². The Balaban J connectivity index is 1.82. The Morgan fingerprint density at radius 2 is 1.67 bits per heavy atom. The molecule has 2 heteroatoms. The fraction of sp³-hybridized carbons (Fsp3) is 0.765. The van der Waals surface area contributed by atoms with Gasteiger partial charge in [0.2, 0.25) is 0 Å². The summed E-state index contributed by atoms with van der Waals surface area (Å²) in [6.45, 7) is 28.3. The number of allylic oxidation sites excluding steroid dienone is 6. The van der Waals surface area contributed by atoms with Gasteiger partial charge in [-0.3, -0.25) is 0 Å². The normalized spacial score (nSPS) is 36.2. The van der Waals surface area contributed by atoms with Crippen LogP contribution in [0.25, 0.3) is 0 Å². The van der Waals surface area contributed by atoms with Gasteiger partial charge >= 0.3 is 0 Å². The second-order valence-corrected chi connectivity index (χ2v) is 20.7. The van der Waals surface area contributed by atoms with Crippen molar-refractivity contribution in [1.29, 1.82) is 0 Å². The predicted molar refractivity (Wildman–Crippen MR) is 162 cm³/mol. The second-order valence-electron chi connectivity index (χ2n) is 15.1. The van der Waals surface area contributed by atoms with Gasteiger partial charge in [0.1, 0.15) is 0 Å². The first-order chi connectivity index (χ1) is 16.5. The third-order valence-corrected chi connectivity index (χ3v) is 18.3. The van der Waals surface area contributed by atoms with Crippen molar-refractivity contribution in [3.63, 3.8) is 0 Å². The third-order valence-electron chi connectivity index (χ3n) is 11.8. The van der Waals surface area contributed by atoms with E-state index in [1.54, 1.807) is 5.57 Å². The molecule has 0 saturated heterocycles. The molecule has 0 radical (unpaired) electrons. The topological polar surface area (TPSA) is 20.2 Å². The van der Waals surface area contributed by atoms with Crippen LogP contribution >= 0.6 is 0 Å². The largest absolute Gasteiger partial charge is 0.393 e. The Hall–Kier alpha value is -0.863. The molecule has 3 fully saturated rings.